The zero-order chi connectivity index (χ0) is 11.9. The maximum atomic E-state index is 4.63. The van der Waals surface area contributed by atoms with Crippen LogP contribution < -0.4 is 5.32 Å². The van der Waals surface area contributed by atoms with E-state index in [1.165, 1.54) is 17.6 Å². The van der Waals surface area contributed by atoms with Crippen molar-refractivity contribution in [3.63, 3.8) is 0 Å². The molecule has 0 atom stereocenters. The molecule has 0 saturated carbocycles. The zero-order valence-corrected chi connectivity index (χ0v) is 11.0. The van der Waals surface area contributed by atoms with Gasteiger partial charge in [-0.2, -0.15) is 11.8 Å². The second kappa shape index (κ2) is 6.62. The first-order chi connectivity index (χ1) is 8.40. The van der Waals surface area contributed by atoms with Crippen molar-refractivity contribution in [3.8, 4) is 0 Å². The minimum absolute atomic E-state index is 0.860. The molecule has 0 aliphatic heterocycles. The van der Waals surface area contributed by atoms with Crippen LogP contribution >= 0.6 is 11.8 Å². The van der Waals surface area contributed by atoms with E-state index in [1.54, 1.807) is 0 Å². The highest BCUT2D eigenvalue weighted by Crippen LogP contribution is 2.11. The Bertz CT molecular complexity index is 470. The lowest BCUT2D eigenvalue weighted by Gasteiger charge is -2.05. The van der Waals surface area contributed by atoms with Gasteiger partial charge in [-0.25, -0.2) is 0 Å². The Balaban J connectivity index is 1.90. The molecular weight excluding hydrogens is 228 g/mol. The SMILES string of the molecule is CSCCCNCc1ccc2ccccc2n1. The molecule has 1 aromatic heterocycles. The Morgan fingerprint density at radius 2 is 2.06 bits per heavy atom. The molecule has 1 N–H and O–H groups in total. The molecule has 1 heterocycles. The molecule has 0 amide bonds. The van der Waals surface area contributed by atoms with Crippen LogP contribution in [0.4, 0.5) is 0 Å². The van der Waals surface area contributed by atoms with Crippen molar-refractivity contribution >= 4 is 22.7 Å². The summed E-state index contributed by atoms with van der Waals surface area (Å²) in [6.45, 7) is 1.93. The largest absolute Gasteiger partial charge is 0.311 e. The minimum atomic E-state index is 0.860. The summed E-state index contributed by atoms with van der Waals surface area (Å²) in [4.78, 5) is 4.63. The fraction of sp³-hybridized carbons (Fsp3) is 0.357. The summed E-state index contributed by atoms with van der Waals surface area (Å²) in [5, 5.41) is 4.63. The molecule has 2 nitrogen and oxygen atoms in total. The first kappa shape index (κ1) is 12.4. The number of rotatable bonds is 6. The summed E-state index contributed by atoms with van der Waals surface area (Å²) in [5.74, 6) is 1.22. The van der Waals surface area contributed by atoms with Gasteiger partial charge in [-0.15, -0.1) is 0 Å². The molecule has 0 bridgehead atoms. The van der Waals surface area contributed by atoms with Crippen LogP contribution in [-0.2, 0) is 6.54 Å². The van der Waals surface area contributed by atoms with Gasteiger partial charge in [0.25, 0.3) is 0 Å². The molecule has 0 saturated heterocycles. The van der Waals surface area contributed by atoms with Crippen LogP contribution in [0.1, 0.15) is 12.1 Å². The molecule has 2 aromatic rings. The first-order valence-electron chi connectivity index (χ1n) is 5.94. The summed E-state index contributed by atoms with van der Waals surface area (Å²) in [5.41, 5.74) is 2.20. The predicted octanol–water partition coefficient (Wildman–Crippen LogP) is 3.08. The highest BCUT2D eigenvalue weighted by atomic mass is 32.2. The molecule has 3 heteroatoms. The Kier molecular flexibility index (Phi) is 4.83. The van der Waals surface area contributed by atoms with Crippen LogP contribution in [0.25, 0.3) is 10.9 Å². The normalized spacial score (nSPS) is 10.9. The Morgan fingerprint density at radius 3 is 2.94 bits per heavy atom. The lowest BCUT2D eigenvalue weighted by molar-refractivity contribution is 0.669. The van der Waals surface area contributed by atoms with E-state index in [0.29, 0.717) is 0 Å². The monoisotopic (exact) mass is 246 g/mol. The Morgan fingerprint density at radius 1 is 1.18 bits per heavy atom. The van der Waals surface area contributed by atoms with E-state index in [-0.39, 0.29) is 0 Å². The number of nitrogens with zero attached hydrogens (tertiary/aromatic N) is 1. The van der Waals surface area contributed by atoms with Gasteiger partial charge in [0.2, 0.25) is 0 Å². The topological polar surface area (TPSA) is 24.9 Å². The second-order valence-corrected chi connectivity index (χ2v) is 5.00. The van der Waals surface area contributed by atoms with E-state index in [9.17, 15) is 0 Å². The molecule has 0 radical (unpaired) electrons. The van der Waals surface area contributed by atoms with Gasteiger partial charge in [-0.3, -0.25) is 4.98 Å². The standard InChI is InChI=1S/C14H18N2S/c1-17-10-4-9-15-11-13-8-7-12-5-2-3-6-14(12)16-13/h2-3,5-8,15H,4,9-11H2,1H3. The van der Waals surface area contributed by atoms with Crippen LogP contribution in [0.5, 0.6) is 0 Å². The van der Waals surface area contributed by atoms with Crippen LogP contribution in [0.15, 0.2) is 36.4 Å². The smallest absolute Gasteiger partial charge is 0.0705 e. The van der Waals surface area contributed by atoms with E-state index in [1.807, 2.05) is 23.9 Å². The third kappa shape index (κ3) is 3.72. The summed E-state index contributed by atoms with van der Waals surface area (Å²) in [6.07, 6.45) is 3.36. The highest BCUT2D eigenvalue weighted by molar-refractivity contribution is 7.98. The highest BCUT2D eigenvalue weighted by Gasteiger charge is 1.97. The average Bonchev–Trinajstić information content (AvgIpc) is 2.38. The number of benzene rings is 1. The van der Waals surface area contributed by atoms with Gasteiger partial charge in [0.15, 0.2) is 0 Å². The van der Waals surface area contributed by atoms with Gasteiger partial charge in [0.1, 0.15) is 0 Å². The van der Waals surface area contributed by atoms with E-state index < -0.39 is 0 Å². The van der Waals surface area contributed by atoms with Crippen molar-refractivity contribution in [3.05, 3.63) is 42.1 Å². The summed E-state index contributed by atoms with van der Waals surface area (Å²) >= 11 is 1.89. The molecule has 0 spiro atoms. The first-order valence-corrected chi connectivity index (χ1v) is 7.34. The molecule has 1 aromatic carbocycles. The lowest BCUT2D eigenvalue weighted by atomic mass is 10.2. The van der Waals surface area contributed by atoms with E-state index in [2.05, 4.69) is 40.8 Å². The third-order valence-corrected chi connectivity index (χ3v) is 3.36. The molecule has 90 valence electrons. The zero-order valence-electron chi connectivity index (χ0n) is 10.1. The number of hydrogen-bond acceptors (Lipinski definition) is 3. The Labute approximate surface area is 107 Å². The number of aromatic nitrogens is 1. The predicted molar refractivity (Wildman–Crippen MR) is 76.4 cm³/mol. The maximum Gasteiger partial charge on any atom is 0.0705 e. The number of para-hydroxylation sites is 1. The van der Waals surface area contributed by atoms with Crippen LogP contribution in [0.2, 0.25) is 0 Å². The van der Waals surface area contributed by atoms with Gasteiger partial charge in [0.05, 0.1) is 11.2 Å². The fourth-order valence-electron chi connectivity index (χ4n) is 1.76. The van der Waals surface area contributed by atoms with Gasteiger partial charge in [-0.05, 0) is 37.1 Å². The van der Waals surface area contributed by atoms with E-state index >= 15 is 0 Å². The van der Waals surface area contributed by atoms with Gasteiger partial charge in [-0.1, -0.05) is 24.3 Å². The van der Waals surface area contributed by atoms with Crippen molar-refractivity contribution in [2.24, 2.45) is 0 Å². The molecule has 17 heavy (non-hydrogen) atoms. The van der Waals surface area contributed by atoms with Crippen LogP contribution in [-0.4, -0.2) is 23.5 Å². The number of nitrogens with one attached hydrogen (secondary N) is 1. The number of fused-ring (bicyclic) bond motifs is 1. The number of thioether (sulfide) groups is 1. The van der Waals surface area contributed by atoms with Gasteiger partial charge >= 0.3 is 0 Å². The fourth-order valence-corrected chi connectivity index (χ4v) is 2.20. The molecular formula is C14H18N2S. The molecule has 0 aliphatic rings. The minimum Gasteiger partial charge on any atom is -0.311 e. The van der Waals surface area contributed by atoms with E-state index in [4.69, 9.17) is 0 Å². The van der Waals surface area contributed by atoms with E-state index in [0.717, 1.165) is 24.3 Å². The lowest BCUT2D eigenvalue weighted by Crippen LogP contribution is -2.16. The summed E-state index contributed by atoms with van der Waals surface area (Å²) in [6, 6.07) is 12.5. The van der Waals surface area contributed by atoms with Crippen LogP contribution in [0.3, 0.4) is 0 Å². The Hall–Kier alpha value is -1.06. The third-order valence-electron chi connectivity index (χ3n) is 2.66. The van der Waals surface area contributed by atoms with Crippen molar-refractivity contribution < 1.29 is 0 Å². The molecule has 0 unspecified atom stereocenters. The second-order valence-electron chi connectivity index (χ2n) is 4.02. The molecule has 2 rings (SSSR count). The summed E-state index contributed by atoms with van der Waals surface area (Å²) < 4.78 is 0. The van der Waals surface area contributed by atoms with Crippen molar-refractivity contribution in [2.75, 3.05) is 18.6 Å². The van der Waals surface area contributed by atoms with Crippen molar-refractivity contribution in [1.82, 2.24) is 10.3 Å². The van der Waals surface area contributed by atoms with Crippen LogP contribution in [0, 0.1) is 0 Å². The average molecular weight is 246 g/mol. The molecule has 0 aliphatic carbocycles. The molecule has 0 fully saturated rings. The quantitative estimate of drug-likeness (QED) is 0.793. The maximum absolute atomic E-state index is 4.63. The van der Waals surface area contributed by atoms with Gasteiger partial charge in [0, 0.05) is 11.9 Å². The van der Waals surface area contributed by atoms with Gasteiger partial charge < -0.3 is 5.32 Å². The summed E-state index contributed by atoms with van der Waals surface area (Å²) in [7, 11) is 0. The van der Waals surface area contributed by atoms with Crippen molar-refractivity contribution in [2.45, 2.75) is 13.0 Å². The number of pyridine rings is 1. The number of hydrogen-bond donors (Lipinski definition) is 1. The van der Waals surface area contributed by atoms with Crippen molar-refractivity contribution in [1.29, 1.82) is 0 Å².